The second-order valence-corrected chi connectivity index (χ2v) is 5.02. The van der Waals surface area contributed by atoms with Crippen LogP contribution < -0.4 is 11.3 Å². The summed E-state index contributed by atoms with van der Waals surface area (Å²) in [5.41, 5.74) is 6.08. The molecule has 0 radical (unpaired) electrons. The molecule has 3 heteroatoms. The van der Waals surface area contributed by atoms with Crippen molar-refractivity contribution in [1.29, 1.82) is 0 Å². The molecule has 1 aromatic carbocycles. The van der Waals surface area contributed by atoms with Crippen LogP contribution in [0.3, 0.4) is 0 Å². The van der Waals surface area contributed by atoms with Gasteiger partial charge < -0.3 is 5.43 Å². The minimum atomic E-state index is -0.141. The number of hydrogen-bond donors (Lipinski definition) is 2. The molecule has 0 fully saturated rings. The van der Waals surface area contributed by atoms with Gasteiger partial charge in [-0.2, -0.15) is 0 Å². The Morgan fingerprint density at radius 3 is 2.38 bits per heavy atom. The van der Waals surface area contributed by atoms with Crippen LogP contribution in [-0.4, -0.2) is 11.4 Å². The average Bonchev–Trinajstić information content (AvgIpc) is 2.18. The Hall–Kier alpha value is -1.35. The molecule has 0 amide bonds. The molecule has 0 aromatic heterocycles. The highest BCUT2D eigenvalue weighted by Crippen LogP contribution is 2.15. The predicted molar refractivity (Wildman–Crippen MR) is 69.5 cm³/mol. The van der Waals surface area contributed by atoms with Crippen LogP contribution in [0.15, 0.2) is 23.2 Å². The summed E-state index contributed by atoms with van der Waals surface area (Å²) in [5.74, 6) is 6.29. The summed E-state index contributed by atoms with van der Waals surface area (Å²) in [5, 5.41) is 0. The standard InChI is InChI=1S/C13H21N3/c1-9-7-6-8-11(10(9)2)12(16-14)15-13(3,4)5/h6-8H,14H2,1-5H3,(H,15,16). The van der Waals surface area contributed by atoms with Gasteiger partial charge in [-0.25, -0.2) is 5.84 Å². The quantitative estimate of drug-likeness (QED) is 0.329. The van der Waals surface area contributed by atoms with E-state index in [1.54, 1.807) is 0 Å². The third-order valence-electron chi connectivity index (χ3n) is 2.44. The number of nitrogens with two attached hydrogens (primary N) is 1. The van der Waals surface area contributed by atoms with Gasteiger partial charge in [0.2, 0.25) is 0 Å². The number of rotatable bonds is 1. The molecule has 0 unspecified atom stereocenters. The first-order valence-corrected chi connectivity index (χ1v) is 5.48. The zero-order valence-corrected chi connectivity index (χ0v) is 10.8. The Kier molecular flexibility index (Phi) is 3.70. The van der Waals surface area contributed by atoms with E-state index in [9.17, 15) is 0 Å². The lowest BCUT2D eigenvalue weighted by atomic mass is 10.0. The van der Waals surface area contributed by atoms with E-state index in [-0.39, 0.29) is 5.54 Å². The van der Waals surface area contributed by atoms with Gasteiger partial charge in [-0.05, 0) is 45.7 Å². The SMILES string of the molecule is Cc1cccc(C(=NC(C)(C)C)NN)c1C. The van der Waals surface area contributed by atoms with E-state index in [1.165, 1.54) is 11.1 Å². The minimum Gasteiger partial charge on any atom is -0.308 e. The van der Waals surface area contributed by atoms with Crippen molar-refractivity contribution in [3.63, 3.8) is 0 Å². The zero-order chi connectivity index (χ0) is 12.3. The summed E-state index contributed by atoms with van der Waals surface area (Å²) in [6, 6.07) is 6.14. The highest BCUT2D eigenvalue weighted by Gasteiger charge is 2.12. The normalized spacial score (nSPS) is 12.8. The Morgan fingerprint density at radius 1 is 1.25 bits per heavy atom. The topological polar surface area (TPSA) is 50.4 Å². The second-order valence-electron chi connectivity index (χ2n) is 5.02. The van der Waals surface area contributed by atoms with Gasteiger partial charge in [0, 0.05) is 5.56 Å². The fraction of sp³-hybridized carbons (Fsp3) is 0.462. The molecule has 1 rings (SSSR count). The molecule has 1 aromatic rings. The summed E-state index contributed by atoms with van der Waals surface area (Å²) < 4.78 is 0. The maximum Gasteiger partial charge on any atom is 0.143 e. The van der Waals surface area contributed by atoms with Gasteiger partial charge >= 0.3 is 0 Å². The van der Waals surface area contributed by atoms with Crippen LogP contribution >= 0.6 is 0 Å². The van der Waals surface area contributed by atoms with Crippen LogP contribution in [0.25, 0.3) is 0 Å². The second kappa shape index (κ2) is 4.66. The van der Waals surface area contributed by atoms with Crippen molar-refractivity contribution < 1.29 is 0 Å². The molecule has 16 heavy (non-hydrogen) atoms. The van der Waals surface area contributed by atoms with Crippen molar-refractivity contribution >= 4 is 5.84 Å². The van der Waals surface area contributed by atoms with E-state index in [0.29, 0.717) is 0 Å². The number of nitrogens with zero attached hydrogens (tertiary/aromatic N) is 1. The van der Waals surface area contributed by atoms with Crippen molar-refractivity contribution in [2.75, 3.05) is 0 Å². The highest BCUT2D eigenvalue weighted by molar-refractivity contribution is 6.00. The third kappa shape index (κ3) is 3.07. The molecule has 0 aliphatic rings. The van der Waals surface area contributed by atoms with Crippen molar-refractivity contribution in [3.05, 3.63) is 34.9 Å². The van der Waals surface area contributed by atoms with Gasteiger partial charge in [0.1, 0.15) is 5.84 Å². The Morgan fingerprint density at radius 2 is 1.88 bits per heavy atom. The molecular formula is C13H21N3. The van der Waals surface area contributed by atoms with Crippen molar-refractivity contribution in [1.82, 2.24) is 5.43 Å². The summed E-state index contributed by atoms with van der Waals surface area (Å²) >= 11 is 0. The van der Waals surface area contributed by atoms with E-state index >= 15 is 0 Å². The fourth-order valence-electron chi connectivity index (χ4n) is 1.51. The van der Waals surface area contributed by atoms with Gasteiger partial charge in [-0.1, -0.05) is 18.2 Å². The summed E-state index contributed by atoms with van der Waals surface area (Å²) in [7, 11) is 0. The van der Waals surface area contributed by atoms with Gasteiger partial charge in [0.05, 0.1) is 5.54 Å². The molecule has 0 aliphatic heterocycles. The van der Waals surface area contributed by atoms with Crippen LogP contribution in [0.1, 0.15) is 37.5 Å². The predicted octanol–water partition coefficient (Wildman–Crippen LogP) is 2.31. The Labute approximate surface area is 97.7 Å². The highest BCUT2D eigenvalue weighted by atomic mass is 15.3. The van der Waals surface area contributed by atoms with E-state index in [0.717, 1.165) is 11.4 Å². The molecule has 0 saturated carbocycles. The average molecular weight is 219 g/mol. The zero-order valence-electron chi connectivity index (χ0n) is 10.8. The van der Waals surface area contributed by atoms with Crippen molar-refractivity contribution in [2.24, 2.45) is 10.8 Å². The van der Waals surface area contributed by atoms with Crippen LogP contribution in [0.2, 0.25) is 0 Å². The fourth-order valence-corrected chi connectivity index (χ4v) is 1.51. The lowest BCUT2D eigenvalue weighted by Crippen LogP contribution is -2.34. The van der Waals surface area contributed by atoms with E-state index in [2.05, 4.69) is 51.1 Å². The van der Waals surface area contributed by atoms with Crippen molar-refractivity contribution in [2.45, 2.75) is 40.2 Å². The number of aryl methyl sites for hydroxylation is 1. The molecule has 0 bridgehead atoms. The number of benzene rings is 1. The molecule has 0 aliphatic carbocycles. The maximum atomic E-state index is 5.55. The third-order valence-corrected chi connectivity index (χ3v) is 2.44. The monoisotopic (exact) mass is 219 g/mol. The first kappa shape index (κ1) is 12.7. The minimum absolute atomic E-state index is 0.141. The van der Waals surface area contributed by atoms with Crippen molar-refractivity contribution in [3.8, 4) is 0 Å². The van der Waals surface area contributed by atoms with Crippen LogP contribution in [0, 0.1) is 13.8 Å². The first-order valence-electron chi connectivity index (χ1n) is 5.48. The summed E-state index contributed by atoms with van der Waals surface area (Å²) in [6.07, 6.45) is 0. The molecule has 88 valence electrons. The largest absolute Gasteiger partial charge is 0.308 e. The van der Waals surface area contributed by atoms with Gasteiger partial charge in [0.15, 0.2) is 0 Å². The maximum absolute atomic E-state index is 5.55. The summed E-state index contributed by atoms with van der Waals surface area (Å²) in [6.45, 7) is 10.3. The van der Waals surface area contributed by atoms with Gasteiger partial charge in [-0.3, -0.25) is 4.99 Å². The molecule has 3 nitrogen and oxygen atoms in total. The lowest BCUT2D eigenvalue weighted by Gasteiger charge is -2.17. The summed E-state index contributed by atoms with van der Waals surface area (Å²) in [4.78, 5) is 4.58. The van der Waals surface area contributed by atoms with Crippen LogP contribution in [0.5, 0.6) is 0 Å². The smallest absolute Gasteiger partial charge is 0.143 e. The lowest BCUT2D eigenvalue weighted by molar-refractivity contribution is 0.580. The number of hydrogen-bond acceptors (Lipinski definition) is 2. The number of amidine groups is 1. The van der Waals surface area contributed by atoms with Gasteiger partial charge in [0.25, 0.3) is 0 Å². The molecule has 0 atom stereocenters. The van der Waals surface area contributed by atoms with E-state index in [1.807, 2.05) is 12.1 Å². The first-order chi connectivity index (χ1) is 7.35. The number of aliphatic imine (C=N–C) groups is 1. The van der Waals surface area contributed by atoms with E-state index < -0.39 is 0 Å². The number of nitrogens with one attached hydrogen (secondary N) is 1. The molecule has 0 heterocycles. The molecule has 0 saturated heterocycles. The number of hydrazine groups is 1. The van der Waals surface area contributed by atoms with E-state index in [4.69, 9.17) is 5.84 Å². The Balaban J connectivity index is 3.25. The van der Waals surface area contributed by atoms with Crippen LogP contribution in [-0.2, 0) is 0 Å². The van der Waals surface area contributed by atoms with Crippen LogP contribution in [0.4, 0.5) is 0 Å². The molecular weight excluding hydrogens is 198 g/mol. The molecule has 0 spiro atoms. The Bertz CT molecular complexity index is 400. The van der Waals surface area contributed by atoms with Gasteiger partial charge in [-0.15, -0.1) is 0 Å². The molecule has 3 N–H and O–H groups in total.